The van der Waals surface area contributed by atoms with Crippen LogP contribution in [0.5, 0.6) is 0 Å². The monoisotopic (exact) mass is 554 g/mol. The Labute approximate surface area is 228 Å². The van der Waals surface area contributed by atoms with E-state index in [1.165, 1.54) is 32.1 Å². The van der Waals surface area contributed by atoms with Crippen molar-refractivity contribution >= 4 is 39.9 Å². The molecule has 2 aliphatic heterocycles. The zero-order chi connectivity index (χ0) is 25.8. The summed E-state index contributed by atoms with van der Waals surface area (Å²) in [5, 5.41) is 3.17. The number of sulfonamides is 1. The van der Waals surface area contributed by atoms with Crippen LogP contribution in [-0.2, 0) is 26.2 Å². The molecule has 0 radical (unpaired) electrons. The number of anilines is 1. The van der Waals surface area contributed by atoms with Gasteiger partial charge in [-0.2, -0.15) is 0 Å². The first-order chi connectivity index (χ1) is 17.2. The summed E-state index contributed by atoms with van der Waals surface area (Å²) in [6, 6.07) is 7.03. The molecule has 2 saturated heterocycles. The quantitative estimate of drug-likeness (QED) is 0.482. The van der Waals surface area contributed by atoms with Crippen molar-refractivity contribution in [1.82, 2.24) is 15.1 Å². The standard InChI is InChI=1S/C27H42N4O4S.ClH/c1-3-4-16-31-25(32)24(19-21-8-6-5-7-9-21)28-26(33)27(31)14-17-30(18-15-27)20-22-10-12-23(13-11-22)29-36(2,34)35;/h10-13,21,24,29H,3-9,14-20H2,1-2H3,(H,28,33);1H/t24-;/m0./s1. The van der Waals surface area contributed by atoms with E-state index in [-0.39, 0.29) is 30.3 Å². The van der Waals surface area contributed by atoms with Crippen LogP contribution >= 0.6 is 12.4 Å². The van der Waals surface area contributed by atoms with Crippen molar-refractivity contribution in [3.05, 3.63) is 29.8 Å². The highest BCUT2D eigenvalue weighted by Crippen LogP contribution is 2.36. The molecule has 10 heteroatoms. The molecule has 1 aliphatic carbocycles. The Morgan fingerprint density at radius 2 is 1.70 bits per heavy atom. The van der Waals surface area contributed by atoms with Crippen molar-refractivity contribution in [2.45, 2.75) is 89.3 Å². The van der Waals surface area contributed by atoms with Crippen LogP contribution < -0.4 is 10.0 Å². The van der Waals surface area contributed by atoms with Gasteiger partial charge in [-0.1, -0.05) is 57.6 Å². The maximum atomic E-state index is 13.7. The zero-order valence-electron chi connectivity index (χ0n) is 22.2. The number of hydrogen-bond donors (Lipinski definition) is 2. The Balaban J connectivity index is 0.00000380. The molecule has 3 fully saturated rings. The van der Waals surface area contributed by atoms with E-state index < -0.39 is 15.6 Å². The van der Waals surface area contributed by atoms with Gasteiger partial charge in [0.1, 0.15) is 11.6 Å². The number of carbonyl (C=O) groups excluding carboxylic acids is 2. The molecule has 8 nitrogen and oxygen atoms in total. The summed E-state index contributed by atoms with van der Waals surface area (Å²) in [4.78, 5) is 31.5. The molecule has 37 heavy (non-hydrogen) atoms. The molecule has 1 spiro atoms. The summed E-state index contributed by atoms with van der Waals surface area (Å²) in [5.74, 6) is 0.696. The molecule has 208 valence electrons. The van der Waals surface area contributed by atoms with Crippen molar-refractivity contribution < 1.29 is 18.0 Å². The van der Waals surface area contributed by atoms with E-state index in [9.17, 15) is 18.0 Å². The molecule has 1 aromatic carbocycles. The smallest absolute Gasteiger partial charge is 0.246 e. The van der Waals surface area contributed by atoms with Gasteiger partial charge in [-0.05, 0) is 49.3 Å². The fourth-order valence-corrected chi connectivity index (χ4v) is 6.73. The van der Waals surface area contributed by atoms with E-state index in [1.54, 1.807) is 12.1 Å². The second kappa shape index (κ2) is 12.8. The zero-order valence-corrected chi connectivity index (χ0v) is 23.8. The lowest BCUT2D eigenvalue weighted by Crippen LogP contribution is -2.73. The van der Waals surface area contributed by atoms with Crippen LogP contribution in [-0.4, -0.2) is 67.5 Å². The highest BCUT2D eigenvalue weighted by atomic mass is 35.5. The van der Waals surface area contributed by atoms with Gasteiger partial charge >= 0.3 is 0 Å². The Kier molecular flexibility index (Phi) is 10.3. The average Bonchev–Trinajstić information content (AvgIpc) is 2.85. The van der Waals surface area contributed by atoms with Gasteiger partial charge in [0.2, 0.25) is 21.8 Å². The number of rotatable bonds is 9. The van der Waals surface area contributed by atoms with Crippen LogP contribution in [0.3, 0.4) is 0 Å². The van der Waals surface area contributed by atoms with Gasteiger partial charge in [0, 0.05) is 31.9 Å². The number of halogens is 1. The molecule has 2 N–H and O–H groups in total. The molecule has 0 unspecified atom stereocenters. The number of likely N-dealkylation sites (tertiary alicyclic amines) is 1. The average molecular weight is 555 g/mol. The second-order valence-electron chi connectivity index (χ2n) is 11.0. The number of hydrogen-bond acceptors (Lipinski definition) is 5. The molecule has 3 aliphatic rings. The van der Waals surface area contributed by atoms with Crippen LogP contribution in [0.15, 0.2) is 24.3 Å². The Hall–Kier alpha value is -1.84. The number of carbonyl (C=O) groups is 2. The van der Waals surface area contributed by atoms with E-state index in [0.717, 1.165) is 50.7 Å². The van der Waals surface area contributed by atoms with E-state index in [2.05, 4.69) is 21.9 Å². The third kappa shape index (κ3) is 7.39. The van der Waals surface area contributed by atoms with Gasteiger partial charge in [0.05, 0.1) is 6.26 Å². The van der Waals surface area contributed by atoms with Crippen LogP contribution in [0.4, 0.5) is 5.69 Å². The molecule has 4 rings (SSSR count). The molecule has 2 amide bonds. The first-order valence-corrected chi connectivity index (χ1v) is 15.5. The molecule has 1 saturated carbocycles. The fourth-order valence-electron chi connectivity index (χ4n) is 6.16. The Bertz CT molecular complexity index is 1020. The third-order valence-corrected chi connectivity index (χ3v) is 8.79. The first-order valence-electron chi connectivity index (χ1n) is 13.6. The van der Waals surface area contributed by atoms with Crippen LogP contribution in [0.2, 0.25) is 0 Å². The van der Waals surface area contributed by atoms with Crippen molar-refractivity contribution in [3.8, 4) is 0 Å². The van der Waals surface area contributed by atoms with E-state index in [4.69, 9.17) is 0 Å². The minimum atomic E-state index is -3.30. The normalized spacial score (nSPS) is 23.0. The largest absolute Gasteiger partial charge is 0.342 e. The number of nitrogens with zero attached hydrogens (tertiary/aromatic N) is 2. The van der Waals surface area contributed by atoms with E-state index in [1.807, 2.05) is 17.0 Å². The highest BCUT2D eigenvalue weighted by Gasteiger charge is 2.53. The van der Waals surface area contributed by atoms with Crippen molar-refractivity contribution in [1.29, 1.82) is 0 Å². The number of piperazine rings is 1. The minimum absolute atomic E-state index is 0. The topological polar surface area (TPSA) is 98.8 Å². The maximum absolute atomic E-state index is 13.7. The summed E-state index contributed by atoms with van der Waals surface area (Å²) >= 11 is 0. The number of amides is 2. The molecule has 1 aromatic rings. The van der Waals surface area contributed by atoms with Gasteiger partial charge in [-0.15, -0.1) is 12.4 Å². The fraction of sp³-hybridized carbons (Fsp3) is 0.704. The molecular weight excluding hydrogens is 512 g/mol. The Morgan fingerprint density at radius 3 is 2.30 bits per heavy atom. The Morgan fingerprint density at radius 1 is 1.05 bits per heavy atom. The number of unbranched alkanes of at least 4 members (excludes halogenated alkanes) is 1. The predicted octanol–water partition coefficient (Wildman–Crippen LogP) is 3.91. The van der Waals surface area contributed by atoms with Crippen molar-refractivity contribution in [2.24, 2.45) is 5.92 Å². The second-order valence-corrected chi connectivity index (χ2v) is 12.7. The highest BCUT2D eigenvalue weighted by molar-refractivity contribution is 7.92. The molecule has 0 aromatic heterocycles. The van der Waals surface area contributed by atoms with Gasteiger partial charge in [-0.25, -0.2) is 8.42 Å². The number of nitrogens with one attached hydrogen (secondary N) is 2. The summed E-state index contributed by atoms with van der Waals surface area (Å²) in [6.07, 6.45) is 11.2. The SMILES string of the molecule is CCCCN1C(=O)[C@H](CC2CCCCC2)NC(=O)C12CCN(Cc1ccc(NS(C)(=O)=O)cc1)CC2.Cl. The molecular formula is C27H43ClN4O4S. The van der Waals surface area contributed by atoms with Crippen molar-refractivity contribution in [3.63, 3.8) is 0 Å². The van der Waals surface area contributed by atoms with Gasteiger partial charge in [0.25, 0.3) is 0 Å². The summed E-state index contributed by atoms with van der Waals surface area (Å²) < 4.78 is 25.4. The first kappa shape index (κ1) is 29.7. The summed E-state index contributed by atoms with van der Waals surface area (Å²) in [7, 11) is -3.30. The minimum Gasteiger partial charge on any atom is -0.342 e. The van der Waals surface area contributed by atoms with E-state index in [0.29, 0.717) is 31.0 Å². The maximum Gasteiger partial charge on any atom is 0.246 e. The van der Waals surface area contributed by atoms with E-state index >= 15 is 0 Å². The van der Waals surface area contributed by atoms with Crippen LogP contribution in [0.25, 0.3) is 0 Å². The predicted molar refractivity (Wildman–Crippen MR) is 149 cm³/mol. The lowest BCUT2D eigenvalue weighted by molar-refractivity contribution is -0.162. The van der Waals surface area contributed by atoms with Crippen LogP contribution in [0, 0.1) is 5.92 Å². The molecule has 0 bridgehead atoms. The lowest BCUT2D eigenvalue weighted by Gasteiger charge is -2.52. The van der Waals surface area contributed by atoms with Gasteiger partial charge < -0.3 is 10.2 Å². The van der Waals surface area contributed by atoms with Gasteiger partial charge in [-0.3, -0.25) is 19.2 Å². The number of piperidine rings is 1. The summed E-state index contributed by atoms with van der Waals surface area (Å²) in [6.45, 7) is 4.97. The third-order valence-electron chi connectivity index (χ3n) is 8.18. The lowest BCUT2D eigenvalue weighted by atomic mass is 9.79. The molecule has 2 heterocycles. The van der Waals surface area contributed by atoms with Gasteiger partial charge in [0.15, 0.2) is 0 Å². The number of benzene rings is 1. The van der Waals surface area contributed by atoms with Crippen molar-refractivity contribution in [2.75, 3.05) is 30.6 Å². The molecule has 1 atom stereocenters. The summed E-state index contributed by atoms with van der Waals surface area (Å²) in [5.41, 5.74) is 0.893. The van der Waals surface area contributed by atoms with Crippen LogP contribution in [0.1, 0.15) is 76.7 Å².